The van der Waals surface area contributed by atoms with Crippen molar-refractivity contribution < 1.29 is 27.5 Å². The maximum Gasteiger partial charge on any atom is 0.410 e. The molecule has 196 valence electrons. The van der Waals surface area contributed by atoms with Gasteiger partial charge >= 0.3 is 6.09 Å². The number of carbonyl (C=O) groups is 2. The minimum Gasteiger partial charge on any atom is -0.448 e. The second-order valence-corrected chi connectivity index (χ2v) is 10.5. The molecule has 0 radical (unpaired) electrons. The third kappa shape index (κ3) is 4.28. The summed E-state index contributed by atoms with van der Waals surface area (Å²) < 4.78 is 45.9. The van der Waals surface area contributed by atoms with Crippen molar-refractivity contribution in [1.29, 1.82) is 0 Å². The number of hydrogen-bond acceptors (Lipinski definition) is 3. The average molecular weight is 520 g/mol. The lowest BCUT2D eigenvalue weighted by atomic mass is 9.76. The molecule has 4 nitrogen and oxygen atoms in total. The van der Waals surface area contributed by atoms with E-state index in [4.69, 9.17) is 4.74 Å². The van der Waals surface area contributed by atoms with Gasteiger partial charge < -0.3 is 9.64 Å². The van der Waals surface area contributed by atoms with Crippen LogP contribution in [-0.4, -0.2) is 35.5 Å². The van der Waals surface area contributed by atoms with E-state index in [0.29, 0.717) is 12.8 Å². The van der Waals surface area contributed by atoms with Gasteiger partial charge in [-0.15, -0.1) is 0 Å². The van der Waals surface area contributed by atoms with Crippen LogP contribution >= 0.6 is 0 Å². The Labute approximate surface area is 219 Å². The van der Waals surface area contributed by atoms with Crippen LogP contribution in [0.15, 0.2) is 66.7 Å². The number of hydrogen-bond donors (Lipinski definition) is 0. The predicted molar refractivity (Wildman–Crippen MR) is 137 cm³/mol. The van der Waals surface area contributed by atoms with Crippen LogP contribution in [-0.2, 0) is 4.74 Å². The lowest BCUT2D eigenvalue weighted by Gasteiger charge is -2.47. The molecule has 2 saturated heterocycles. The molecule has 2 atom stereocenters. The van der Waals surface area contributed by atoms with Gasteiger partial charge in [0.25, 0.3) is 6.43 Å². The number of ketones is 1. The van der Waals surface area contributed by atoms with Crippen LogP contribution in [0.25, 0.3) is 11.1 Å². The number of nitrogens with zero attached hydrogens (tertiary/aromatic N) is 1. The SMILES string of the molecule is O=C(c1ccc(C(F)F)c(F)c1)C1CC2CCCC(C1)N2C(=O)OCC1c2ccccc2-c2ccccc21. The third-order valence-corrected chi connectivity index (χ3v) is 8.41. The maximum absolute atomic E-state index is 14.1. The van der Waals surface area contributed by atoms with Crippen molar-refractivity contribution in [2.75, 3.05) is 6.61 Å². The first-order chi connectivity index (χ1) is 18.4. The van der Waals surface area contributed by atoms with E-state index in [1.807, 2.05) is 24.3 Å². The van der Waals surface area contributed by atoms with Crippen LogP contribution in [0.4, 0.5) is 18.0 Å². The summed E-state index contributed by atoms with van der Waals surface area (Å²) in [6.07, 6.45) is 0.113. The summed E-state index contributed by atoms with van der Waals surface area (Å²) in [6, 6.07) is 19.3. The average Bonchev–Trinajstić information content (AvgIpc) is 3.24. The quantitative estimate of drug-likeness (QED) is 0.328. The fraction of sp³-hybridized carbons (Fsp3) is 0.355. The van der Waals surface area contributed by atoms with Crippen molar-refractivity contribution in [3.63, 3.8) is 0 Å². The Balaban J connectivity index is 1.15. The smallest absolute Gasteiger partial charge is 0.410 e. The zero-order valence-electron chi connectivity index (χ0n) is 20.8. The minimum atomic E-state index is -2.93. The highest BCUT2D eigenvalue weighted by atomic mass is 19.3. The summed E-state index contributed by atoms with van der Waals surface area (Å²) in [5, 5.41) is 0. The molecule has 2 fully saturated rings. The number of alkyl halides is 2. The summed E-state index contributed by atoms with van der Waals surface area (Å²) in [7, 11) is 0. The molecule has 2 heterocycles. The molecule has 2 unspecified atom stereocenters. The Bertz CT molecular complexity index is 1330. The number of ether oxygens (including phenoxy) is 1. The molecule has 6 rings (SSSR count). The summed E-state index contributed by atoms with van der Waals surface area (Å²) in [5.74, 6) is -1.74. The summed E-state index contributed by atoms with van der Waals surface area (Å²) in [5.41, 5.74) is 4.02. The molecular weight excluding hydrogens is 491 g/mol. The van der Waals surface area contributed by atoms with Gasteiger partial charge in [0.15, 0.2) is 5.78 Å². The Morgan fingerprint density at radius 1 is 0.895 bits per heavy atom. The molecule has 38 heavy (non-hydrogen) atoms. The first-order valence-corrected chi connectivity index (χ1v) is 13.2. The van der Waals surface area contributed by atoms with Crippen molar-refractivity contribution in [1.82, 2.24) is 4.90 Å². The van der Waals surface area contributed by atoms with Crippen LogP contribution in [0.5, 0.6) is 0 Å². The highest BCUT2D eigenvalue weighted by molar-refractivity contribution is 5.98. The predicted octanol–water partition coefficient (Wildman–Crippen LogP) is 7.53. The molecule has 1 amide bonds. The van der Waals surface area contributed by atoms with Gasteiger partial charge in [-0.2, -0.15) is 0 Å². The van der Waals surface area contributed by atoms with Gasteiger partial charge in [-0.25, -0.2) is 18.0 Å². The molecule has 2 bridgehead atoms. The van der Waals surface area contributed by atoms with Crippen molar-refractivity contribution in [3.8, 4) is 11.1 Å². The Morgan fingerprint density at radius 2 is 1.50 bits per heavy atom. The van der Waals surface area contributed by atoms with Crippen molar-refractivity contribution in [2.24, 2.45) is 5.92 Å². The zero-order chi connectivity index (χ0) is 26.4. The van der Waals surface area contributed by atoms with Gasteiger partial charge in [0.1, 0.15) is 12.4 Å². The number of Topliss-reactive ketones (excluding diaryl/α,β-unsaturated/α-hetero) is 1. The van der Waals surface area contributed by atoms with E-state index in [-0.39, 0.29) is 48.0 Å². The van der Waals surface area contributed by atoms with Gasteiger partial charge in [0.05, 0.1) is 5.56 Å². The topological polar surface area (TPSA) is 46.6 Å². The summed E-state index contributed by atoms with van der Waals surface area (Å²) in [6.45, 7) is 0.237. The maximum atomic E-state index is 14.1. The molecule has 1 aliphatic carbocycles. The molecule has 0 aromatic heterocycles. The second-order valence-electron chi connectivity index (χ2n) is 10.5. The number of halogens is 3. The number of piperidine rings is 2. The Hall–Kier alpha value is -3.61. The van der Waals surface area contributed by atoms with Crippen LogP contribution in [0, 0.1) is 11.7 Å². The van der Waals surface area contributed by atoms with Crippen LogP contribution < -0.4 is 0 Å². The fourth-order valence-corrected chi connectivity index (χ4v) is 6.66. The highest BCUT2D eigenvalue weighted by Gasteiger charge is 2.44. The van der Waals surface area contributed by atoms with E-state index in [1.54, 1.807) is 4.90 Å². The van der Waals surface area contributed by atoms with E-state index < -0.39 is 17.8 Å². The van der Waals surface area contributed by atoms with Crippen LogP contribution in [0.2, 0.25) is 0 Å². The zero-order valence-corrected chi connectivity index (χ0v) is 20.8. The first kappa shape index (κ1) is 24.7. The molecule has 0 saturated carbocycles. The molecule has 0 spiro atoms. The van der Waals surface area contributed by atoms with Gasteiger partial charge in [0, 0.05) is 29.5 Å². The van der Waals surface area contributed by atoms with Gasteiger partial charge in [-0.05, 0) is 66.5 Å². The van der Waals surface area contributed by atoms with Crippen molar-refractivity contribution in [3.05, 3.63) is 94.8 Å². The molecule has 3 aromatic rings. The van der Waals surface area contributed by atoms with Crippen LogP contribution in [0.3, 0.4) is 0 Å². The number of amides is 1. The fourth-order valence-electron chi connectivity index (χ4n) is 6.66. The molecule has 7 heteroatoms. The largest absolute Gasteiger partial charge is 0.448 e. The van der Waals surface area contributed by atoms with Gasteiger partial charge in [-0.1, -0.05) is 54.6 Å². The molecule has 3 aliphatic rings. The lowest BCUT2D eigenvalue weighted by Crippen LogP contribution is -2.55. The monoisotopic (exact) mass is 519 g/mol. The lowest BCUT2D eigenvalue weighted by molar-refractivity contribution is 0.00650. The Kier molecular flexibility index (Phi) is 6.46. The number of rotatable bonds is 5. The molecular formula is C31H28F3NO3. The number of benzene rings is 3. The van der Waals surface area contributed by atoms with Gasteiger partial charge in [0.2, 0.25) is 0 Å². The van der Waals surface area contributed by atoms with Crippen molar-refractivity contribution >= 4 is 11.9 Å². The van der Waals surface area contributed by atoms with E-state index in [1.165, 1.54) is 17.2 Å². The Morgan fingerprint density at radius 3 is 2.08 bits per heavy atom. The van der Waals surface area contributed by atoms with Gasteiger partial charge in [-0.3, -0.25) is 4.79 Å². The van der Waals surface area contributed by atoms with E-state index in [2.05, 4.69) is 24.3 Å². The summed E-state index contributed by atoms with van der Waals surface area (Å²) in [4.78, 5) is 28.4. The second kappa shape index (κ2) is 9.93. The van der Waals surface area contributed by atoms with E-state index in [0.717, 1.165) is 42.5 Å². The molecule has 0 N–H and O–H groups in total. The van der Waals surface area contributed by atoms with E-state index >= 15 is 0 Å². The van der Waals surface area contributed by atoms with Crippen LogP contribution in [0.1, 0.15) is 71.5 Å². The molecule has 2 aliphatic heterocycles. The number of fused-ring (bicyclic) bond motifs is 5. The normalized spacial score (nSPS) is 22.2. The standard InChI is InChI=1S/C31H28F3NO3/c32-28-16-18(12-13-26(28)30(33)34)29(36)19-14-20-6-5-7-21(15-19)35(20)31(37)38-17-27-24-10-3-1-8-22(24)23-9-2-4-11-25(23)27/h1-4,8-13,16,19-21,27,30H,5-7,14-15,17H2. The third-order valence-electron chi connectivity index (χ3n) is 8.41. The molecule has 3 aromatic carbocycles. The minimum absolute atomic E-state index is 0.0311. The van der Waals surface area contributed by atoms with E-state index in [9.17, 15) is 22.8 Å². The highest BCUT2D eigenvalue weighted by Crippen LogP contribution is 2.45. The number of carbonyl (C=O) groups excluding carboxylic acids is 2. The first-order valence-electron chi connectivity index (χ1n) is 13.2. The van der Waals surface area contributed by atoms with Crippen molar-refractivity contribution in [2.45, 2.75) is 56.5 Å². The summed E-state index contributed by atoms with van der Waals surface area (Å²) >= 11 is 0.